The molecule has 16 nitrogen and oxygen atoms in total. The first-order chi connectivity index (χ1) is 51.5. The van der Waals surface area contributed by atoms with E-state index < -0.39 is 0 Å². The van der Waals surface area contributed by atoms with Gasteiger partial charge in [-0.3, -0.25) is 49.5 Å². The lowest BCUT2D eigenvalue weighted by Crippen LogP contribution is -2.33. The van der Waals surface area contributed by atoms with Crippen molar-refractivity contribution >= 4 is 56.7 Å². The van der Waals surface area contributed by atoms with Gasteiger partial charge in [-0.15, -0.1) is 0 Å². The summed E-state index contributed by atoms with van der Waals surface area (Å²) in [5.41, 5.74) is 21.4. The van der Waals surface area contributed by atoms with Crippen molar-refractivity contribution in [2.75, 3.05) is 26.2 Å². The molecule has 0 aromatic heterocycles. The molecule has 0 amide bonds. The molecule has 6 aromatic rings. The highest BCUT2D eigenvalue weighted by Gasteiger charge is 2.40. The number of carbonyl (C=O) groups is 2. The predicted octanol–water partition coefficient (Wildman–Crippen LogP) is 12.1. The quantitative estimate of drug-likeness (QED) is 0.0641. The van der Waals surface area contributed by atoms with E-state index in [9.17, 15) is 40.2 Å². The third kappa shape index (κ3) is 14.7. The number of nitrogens with zero attached hydrogens (tertiary/aromatic N) is 8. The van der Waals surface area contributed by atoms with E-state index in [-0.39, 0.29) is 106 Å². The highest BCUT2D eigenvalue weighted by Crippen LogP contribution is 2.42. The van der Waals surface area contributed by atoms with Crippen molar-refractivity contribution in [2.24, 2.45) is 63.6 Å². The number of aryl methyl sites for hydroxylation is 5. The Balaban J connectivity index is 0.000000127. The molecule has 6 aromatic carbocycles. The van der Waals surface area contributed by atoms with Crippen LogP contribution in [0.3, 0.4) is 0 Å². The van der Waals surface area contributed by atoms with E-state index in [4.69, 9.17) is 39.9 Å². The number of hydrogen-bond donors (Lipinski definition) is 6. The molecule has 0 fully saturated rings. The van der Waals surface area contributed by atoms with E-state index in [0.717, 1.165) is 135 Å². The van der Waals surface area contributed by atoms with Gasteiger partial charge in [-0.05, 0) is 226 Å². The van der Waals surface area contributed by atoms with Gasteiger partial charge < -0.3 is 30.6 Å². The number of aromatic hydroxyl groups is 4. The summed E-state index contributed by atoms with van der Waals surface area (Å²) in [6.07, 6.45) is 9.02. The van der Waals surface area contributed by atoms with Gasteiger partial charge in [0.1, 0.15) is 58.7 Å². The van der Waals surface area contributed by atoms with Gasteiger partial charge in [-0.25, -0.2) is 0 Å². The number of Topliss-reactive ketones (excluding diaryl/α,β-unsaturated/α-hetero) is 2. The minimum absolute atomic E-state index is 0.0424. The topological polar surface area (TPSA) is 254 Å². The second-order valence-corrected chi connectivity index (χ2v) is 32.2. The van der Waals surface area contributed by atoms with Crippen LogP contribution in [-0.2, 0) is 22.4 Å². The number of phenolic OH excluding ortho intramolecular Hbond substituents is 4. The molecule has 8 aliphatic heterocycles. The fourth-order valence-corrected chi connectivity index (χ4v) is 17.4. The number of hydrogen-bond acceptors (Lipinski definition) is 16. The van der Waals surface area contributed by atoms with Gasteiger partial charge in [0.05, 0.1) is 33.3 Å². The predicted molar refractivity (Wildman–Crippen MR) is 432 cm³/mol. The lowest BCUT2D eigenvalue weighted by Gasteiger charge is -2.29. The van der Waals surface area contributed by atoms with Crippen LogP contribution in [-0.4, -0.2) is 115 Å². The summed E-state index contributed by atoms with van der Waals surface area (Å²) in [6.45, 7) is 34.7. The van der Waals surface area contributed by atoms with E-state index in [0.29, 0.717) is 42.4 Å². The van der Waals surface area contributed by atoms with E-state index in [2.05, 4.69) is 100 Å². The van der Waals surface area contributed by atoms with Crippen LogP contribution in [0.2, 0.25) is 0 Å². The van der Waals surface area contributed by atoms with Crippen LogP contribution in [0.1, 0.15) is 175 Å². The van der Waals surface area contributed by atoms with Crippen LogP contribution in [0.5, 0.6) is 23.0 Å². The van der Waals surface area contributed by atoms with Crippen molar-refractivity contribution in [3.63, 3.8) is 0 Å². The molecule has 2 aliphatic carbocycles. The first-order valence-corrected chi connectivity index (χ1v) is 38.7. The lowest BCUT2D eigenvalue weighted by atomic mass is 9.76. The number of rotatable bonds is 12. The highest BCUT2D eigenvalue weighted by atomic mass is 16.3. The summed E-state index contributed by atoms with van der Waals surface area (Å²) in [5.74, 6) is 1.46. The Morgan fingerprint density at radius 1 is 0.407 bits per heavy atom. The van der Waals surface area contributed by atoms with Crippen molar-refractivity contribution in [3.05, 3.63) is 229 Å². The molecular weight excluding hydrogens is 1350 g/mol. The maximum absolute atomic E-state index is 13.0. The van der Waals surface area contributed by atoms with Crippen molar-refractivity contribution in [2.45, 2.75) is 198 Å². The van der Waals surface area contributed by atoms with Gasteiger partial charge in [0.15, 0.2) is 11.6 Å². The molecular formula is C92H104N8O8. The van der Waals surface area contributed by atoms with Crippen LogP contribution < -0.4 is 42.3 Å². The summed E-state index contributed by atoms with van der Waals surface area (Å²) in [7, 11) is 0. The Morgan fingerprint density at radius 3 is 1.22 bits per heavy atom. The number of ketones is 2. The molecule has 0 spiro atoms. The third-order valence-electron chi connectivity index (χ3n) is 23.3. The standard InChI is InChI=1S/4C23H26N2O2/c2*1-12(2)17-11-21(26)14(4)18(23(17)27)10-20-22-16(7-8-24-20)15-6-5-13(3)9-19(15)25-22;2*1-12(2)21-17(23(27)14(4)10-20(21)26)11-19-22-16(7-8-24-19)15-6-5-13(3)9-18(15)25-22/h5-6,9,11-12,22,26-27H,7-8,10H2,1-4H3;5-6,9,11-12,18,22,26H,7-8,10H2,1-4H3;5-6,9-10,12,22,26-27H,7-8,11H2,1-4H3;5-6,9-10,12,17,22,26H,7-8,11H2,1-4H3. The van der Waals surface area contributed by atoms with Gasteiger partial charge >= 0.3 is 0 Å². The maximum Gasteiger partial charge on any atom is 0.166 e. The summed E-state index contributed by atoms with van der Waals surface area (Å²) >= 11 is 0. The number of aliphatic imine (C=N–C) groups is 4. The molecule has 6 unspecified atom stereocenters. The van der Waals surface area contributed by atoms with Gasteiger partial charge in [0.2, 0.25) is 0 Å². The lowest BCUT2D eigenvalue weighted by molar-refractivity contribution is -0.119. The third-order valence-corrected chi connectivity index (χ3v) is 23.3. The number of fused-ring (bicyclic) bond motifs is 8. The maximum atomic E-state index is 13.0. The Morgan fingerprint density at radius 2 is 0.815 bits per heavy atom. The molecule has 0 saturated heterocycles. The fraction of sp³-hybridized carbons (Fsp3) is 0.413. The monoisotopic (exact) mass is 1450 g/mol. The summed E-state index contributed by atoms with van der Waals surface area (Å²) in [5, 5.41) is 72.3. The van der Waals surface area contributed by atoms with Crippen molar-refractivity contribution in [3.8, 4) is 23.0 Å². The minimum atomic E-state index is -0.342. The first kappa shape index (κ1) is 76.0. The molecule has 10 aliphatic rings. The highest BCUT2D eigenvalue weighted by molar-refractivity contribution is 6.08. The normalized spacial score (nSPS) is 21.3. The van der Waals surface area contributed by atoms with Gasteiger partial charge in [-0.1, -0.05) is 104 Å². The smallest absolute Gasteiger partial charge is 0.166 e. The molecule has 560 valence electrons. The molecule has 0 bridgehead atoms. The van der Waals surface area contributed by atoms with Crippen LogP contribution in [0.15, 0.2) is 171 Å². The van der Waals surface area contributed by atoms with Crippen LogP contribution >= 0.6 is 0 Å². The SMILES string of the molecule is CC1=C(O)C=C(C(C)C)C(=O)C1CC1=NCCC2=c3ccc(C)cc3=NC12.CC1=CC(O)=C(C(C)C)C(CC2=NCCC3=c4ccc(C)cc4=NC23)C1=O.Cc1ccc2c(c1)=NC1C(Cc3c(C)c(O)cc(C(C)C)c3O)=NCCC=21.Cc1ccc2c(c1)=NC1C(Cc3c(O)c(C)cc(O)c3C(C)C)=NCCC=21. The summed E-state index contributed by atoms with van der Waals surface area (Å²) < 4.78 is 0. The summed E-state index contributed by atoms with van der Waals surface area (Å²) in [6, 6.07) is 28.8. The molecule has 6 atom stereocenters. The Labute approximate surface area is 633 Å². The number of aliphatic hydroxyl groups excluding tert-OH is 2. The number of benzene rings is 6. The second kappa shape index (κ2) is 30.8. The van der Waals surface area contributed by atoms with Crippen molar-refractivity contribution in [1.29, 1.82) is 0 Å². The molecule has 8 heterocycles. The average molecular weight is 1450 g/mol. The van der Waals surface area contributed by atoms with Crippen molar-refractivity contribution < 1.29 is 40.2 Å². The average Bonchev–Trinajstić information content (AvgIpc) is 1.56. The van der Waals surface area contributed by atoms with Crippen LogP contribution in [0, 0.1) is 65.2 Å². The van der Waals surface area contributed by atoms with E-state index in [1.54, 1.807) is 31.2 Å². The van der Waals surface area contributed by atoms with Gasteiger partial charge in [0, 0.05) is 123 Å². The molecule has 16 heteroatoms. The Kier molecular flexibility index (Phi) is 21.7. The molecule has 16 rings (SSSR count). The summed E-state index contributed by atoms with van der Waals surface area (Å²) in [4.78, 5) is 64.8. The van der Waals surface area contributed by atoms with Crippen LogP contribution in [0.4, 0.5) is 0 Å². The zero-order chi connectivity index (χ0) is 77.2. The largest absolute Gasteiger partial charge is 0.508 e. The van der Waals surface area contributed by atoms with Gasteiger partial charge in [0.25, 0.3) is 0 Å². The Hall–Kier alpha value is -10.2. The van der Waals surface area contributed by atoms with Gasteiger partial charge in [-0.2, -0.15) is 0 Å². The van der Waals surface area contributed by atoms with E-state index in [1.807, 2.05) is 76.2 Å². The minimum Gasteiger partial charge on any atom is -0.508 e. The second-order valence-electron chi connectivity index (χ2n) is 32.2. The van der Waals surface area contributed by atoms with Crippen molar-refractivity contribution in [1.82, 2.24) is 0 Å². The van der Waals surface area contributed by atoms with Crippen LogP contribution in [0.25, 0.3) is 22.3 Å². The number of phenols is 4. The number of carbonyl (C=O) groups excluding carboxylic acids is 2. The van der Waals surface area contributed by atoms with E-state index in [1.165, 1.54) is 65.4 Å². The zero-order valence-corrected chi connectivity index (χ0v) is 65.6. The Bertz CT molecular complexity index is 5620. The molecule has 108 heavy (non-hydrogen) atoms. The zero-order valence-electron chi connectivity index (χ0n) is 65.6. The first-order valence-electron chi connectivity index (χ1n) is 38.7. The fourth-order valence-electron chi connectivity index (χ4n) is 17.4. The number of aliphatic hydroxyl groups is 2. The molecule has 0 saturated carbocycles. The molecule has 6 N–H and O–H groups in total. The molecule has 0 radical (unpaired) electrons. The van der Waals surface area contributed by atoms with E-state index >= 15 is 0 Å². The number of allylic oxidation sites excluding steroid dienone is 6.